The predicted octanol–water partition coefficient (Wildman–Crippen LogP) is 2.87. The van der Waals surface area contributed by atoms with E-state index in [-0.39, 0.29) is 0 Å². The minimum Gasteiger partial charge on any atom is -0.345 e. The molecule has 0 aromatic heterocycles. The molecule has 2 heteroatoms. The summed E-state index contributed by atoms with van der Waals surface area (Å²) in [5.41, 5.74) is 2.69. The van der Waals surface area contributed by atoms with E-state index in [4.69, 9.17) is 0 Å². The SMILES string of the molecule is CN1c2ccccc2[Si](C)(c2ccccc2)c2ccccc21. The fourth-order valence-electron chi connectivity index (χ4n) is 3.74. The van der Waals surface area contributed by atoms with Crippen molar-refractivity contribution in [1.29, 1.82) is 0 Å². The summed E-state index contributed by atoms with van der Waals surface area (Å²) in [4.78, 5) is 2.34. The minimum atomic E-state index is -1.94. The van der Waals surface area contributed by atoms with Crippen molar-refractivity contribution in [3.63, 3.8) is 0 Å². The Balaban J connectivity index is 2.09. The van der Waals surface area contributed by atoms with E-state index in [0.29, 0.717) is 0 Å². The number of rotatable bonds is 1. The molecule has 1 aliphatic rings. The van der Waals surface area contributed by atoms with E-state index in [1.165, 1.54) is 26.9 Å². The molecule has 108 valence electrons. The van der Waals surface area contributed by atoms with Crippen LogP contribution in [0.4, 0.5) is 11.4 Å². The van der Waals surface area contributed by atoms with Gasteiger partial charge in [0.15, 0.2) is 8.07 Å². The largest absolute Gasteiger partial charge is 0.345 e. The lowest BCUT2D eigenvalue weighted by Gasteiger charge is -2.41. The van der Waals surface area contributed by atoms with Crippen molar-refractivity contribution < 1.29 is 0 Å². The highest BCUT2D eigenvalue weighted by molar-refractivity contribution is 7.12. The van der Waals surface area contributed by atoms with Gasteiger partial charge in [-0.1, -0.05) is 73.3 Å². The summed E-state index contributed by atoms with van der Waals surface area (Å²) in [6.07, 6.45) is 0. The Kier molecular flexibility index (Phi) is 2.94. The highest BCUT2D eigenvalue weighted by atomic mass is 28.3. The molecular formula is C20H19NSi. The van der Waals surface area contributed by atoms with Crippen LogP contribution in [0.5, 0.6) is 0 Å². The van der Waals surface area contributed by atoms with Gasteiger partial charge >= 0.3 is 0 Å². The summed E-state index contributed by atoms with van der Waals surface area (Å²) in [7, 11) is 0.240. The van der Waals surface area contributed by atoms with Crippen molar-refractivity contribution >= 4 is 35.0 Å². The first kappa shape index (κ1) is 13.3. The zero-order chi connectivity index (χ0) is 15.2. The summed E-state index contributed by atoms with van der Waals surface area (Å²) in [5, 5.41) is 4.48. The van der Waals surface area contributed by atoms with Gasteiger partial charge in [0.25, 0.3) is 0 Å². The fourth-order valence-corrected chi connectivity index (χ4v) is 7.89. The van der Waals surface area contributed by atoms with Gasteiger partial charge in [-0.25, -0.2) is 0 Å². The third kappa shape index (κ3) is 1.71. The number of benzene rings is 3. The Hall–Kier alpha value is -2.32. The van der Waals surface area contributed by atoms with Crippen molar-refractivity contribution in [2.45, 2.75) is 6.55 Å². The van der Waals surface area contributed by atoms with Gasteiger partial charge in [0, 0.05) is 18.4 Å². The number of hydrogen-bond acceptors (Lipinski definition) is 1. The Morgan fingerprint density at radius 2 is 1.09 bits per heavy atom. The van der Waals surface area contributed by atoms with Gasteiger partial charge in [0.05, 0.1) is 0 Å². The average molecular weight is 301 g/mol. The molecule has 1 nitrogen and oxygen atoms in total. The highest BCUT2D eigenvalue weighted by Gasteiger charge is 2.41. The van der Waals surface area contributed by atoms with Crippen molar-refractivity contribution in [2.24, 2.45) is 0 Å². The fraction of sp³-hybridized carbons (Fsp3) is 0.100. The number of anilines is 2. The van der Waals surface area contributed by atoms with Crippen molar-refractivity contribution in [1.82, 2.24) is 0 Å². The maximum Gasteiger partial charge on any atom is 0.150 e. The molecule has 0 aliphatic carbocycles. The maximum absolute atomic E-state index is 2.48. The van der Waals surface area contributed by atoms with E-state index in [2.05, 4.69) is 97.4 Å². The zero-order valence-electron chi connectivity index (χ0n) is 13.0. The molecule has 0 amide bonds. The van der Waals surface area contributed by atoms with E-state index in [1.54, 1.807) is 0 Å². The second-order valence-electron chi connectivity index (χ2n) is 6.08. The van der Waals surface area contributed by atoms with Crippen LogP contribution in [0.25, 0.3) is 0 Å². The zero-order valence-corrected chi connectivity index (χ0v) is 14.0. The average Bonchev–Trinajstić information content (AvgIpc) is 2.60. The van der Waals surface area contributed by atoms with Gasteiger partial charge in [-0.15, -0.1) is 0 Å². The number of fused-ring (bicyclic) bond motifs is 2. The molecule has 1 aliphatic heterocycles. The third-order valence-electron chi connectivity index (χ3n) is 4.96. The van der Waals surface area contributed by atoms with E-state index >= 15 is 0 Å². The van der Waals surface area contributed by atoms with Gasteiger partial charge in [0.2, 0.25) is 0 Å². The molecule has 3 aromatic carbocycles. The molecule has 0 fully saturated rings. The Morgan fingerprint density at radius 3 is 1.64 bits per heavy atom. The molecule has 0 saturated heterocycles. The van der Waals surface area contributed by atoms with E-state index < -0.39 is 8.07 Å². The Morgan fingerprint density at radius 1 is 0.636 bits per heavy atom. The minimum absolute atomic E-state index is 1.35. The maximum atomic E-state index is 2.48. The van der Waals surface area contributed by atoms with Crippen molar-refractivity contribution in [3.05, 3.63) is 78.9 Å². The standard InChI is InChI=1S/C20H19NSi/c1-21-17-12-6-8-14-19(17)22(2,16-10-4-3-5-11-16)20-15-9-7-13-18(20)21/h3-15H,1-2H3. The summed E-state index contributed by atoms with van der Waals surface area (Å²) in [6, 6.07) is 28.8. The molecule has 0 radical (unpaired) electrons. The monoisotopic (exact) mass is 301 g/mol. The van der Waals surface area contributed by atoms with Gasteiger partial charge in [-0.05, 0) is 27.7 Å². The van der Waals surface area contributed by atoms with E-state index in [9.17, 15) is 0 Å². The van der Waals surface area contributed by atoms with Crippen molar-refractivity contribution in [3.8, 4) is 0 Å². The van der Waals surface area contributed by atoms with Crippen LogP contribution in [0.1, 0.15) is 0 Å². The van der Waals surface area contributed by atoms with Crippen molar-refractivity contribution in [2.75, 3.05) is 11.9 Å². The molecule has 0 unspecified atom stereocenters. The molecule has 3 aromatic rings. The molecule has 22 heavy (non-hydrogen) atoms. The van der Waals surface area contributed by atoms with Crippen LogP contribution in [0.15, 0.2) is 78.9 Å². The first-order valence-corrected chi connectivity index (χ1v) is 10.2. The smallest absolute Gasteiger partial charge is 0.150 e. The van der Waals surface area contributed by atoms with Gasteiger partial charge in [-0.2, -0.15) is 0 Å². The van der Waals surface area contributed by atoms with Crippen LogP contribution >= 0.6 is 0 Å². The molecule has 0 N–H and O–H groups in total. The summed E-state index contributed by atoms with van der Waals surface area (Å²) in [5.74, 6) is 0. The lowest BCUT2D eigenvalue weighted by Crippen LogP contribution is -2.68. The lowest BCUT2D eigenvalue weighted by atomic mass is 10.2. The van der Waals surface area contributed by atoms with Gasteiger partial charge in [0.1, 0.15) is 0 Å². The van der Waals surface area contributed by atoms with E-state index in [1.807, 2.05) is 0 Å². The summed E-state index contributed by atoms with van der Waals surface area (Å²) in [6.45, 7) is 2.48. The van der Waals surface area contributed by atoms with Crippen LogP contribution in [0, 0.1) is 0 Å². The third-order valence-corrected chi connectivity index (χ3v) is 9.45. The first-order valence-electron chi connectivity index (χ1n) is 7.71. The van der Waals surface area contributed by atoms with Crippen LogP contribution in [-0.2, 0) is 0 Å². The molecule has 4 rings (SSSR count). The Labute approximate surface area is 132 Å². The lowest BCUT2D eigenvalue weighted by molar-refractivity contribution is 1.21. The molecular weight excluding hydrogens is 282 g/mol. The summed E-state index contributed by atoms with van der Waals surface area (Å²) < 4.78 is 0. The number of nitrogens with zero attached hydrogens (tertiary/aromatic N) is 1. The molecule has 0 saturated carbocycles. The highest BCUT2D eigenvalue weighted by Crippen LogP contribution is 2.29. The topological polar surface area (TPSA) is 3.24 Å². The van der Waals surface area contributed by atoms with E-state index in [0.717, 1.165) is 0 Å². The van der Waals surface area contributed by atoms with Crippen LogP contribution < -0.4 is 20.5 Å². The first-order chi connectivity index (χ1) is 10.7. The van der Waals surface area contributed by atoms with Gasteiger partial charge < -0.3 is 4.90 Å². The quantitative estimate of drug-likeness (QED) is 0.625. The molecule has 0 atom stereocenters. The second-order valence-corrected chi connectivity index (χ2v) is 9.99. The van der Waals surface area contributed by atoms with Gasteiger partial charge in [-0.3, -0.25) is 0 Å². The summed E-state index contributed by atoms with van der Waals surface area (Å²) >= 11 is 0. The predicted molar refractivity (Wildman–Crippen MR) is 97.9 cm³/mol. The molecule has 0 spiro atoms. The van der Waals surface area contributed by atoms with Crippen LogP contribution in [0.3, 0.4) is 0 Å². The molecule has 1 heterocycles. The molecule has 0 bridgehead atoms. The van der Waals surface area contributed by atoms with Crippen LogP contribution in [-0.4, -0.2) is 15.1 Å². The van der Waals surface area contributed by atoms with Crippen LogP contribution in [0.2, 0.25) is 6.55 Å². The number of hydrogen-bond donors (Lipinski definition) is 0. The normalized spacial score (nSPS) is 15.1. The number of para-hydroxylation sites is 2. The second kappa shape index (κ2) is 4.85. The Bertz CT molecular complexity index is 778.